The van der Waals surface area contributed by atoms with Gasteiger partial charge in [-0.1, -0.05) is 11.8 Å². The number of hydrogen-bond acceptors (Lipinski definition) is 4. The highest BCUT2D eigenvalue weighted by Gasteiger charge is 2.30. The van der Waals surface area contributed by atoms with Gasteiger partial charge in [-0.25, -0.2) is 0 Å². The molecule has 1 aromatic heterocycles. The molecule has 2 aliphatic heterocycles. The van der Waals surface area contributed by atoms with Crippen LogP contribution < -0.4 is 0 Å². The van der Waals surface area contributed by atoms with E-state index >= 15 is 0 Å². The normalized spacial score (nSPS) is 22.8. The van der Waals surface area contributed by atoms with Crippen molar-refractivity contribution in [1.29, 1.82) is 0 Å². The smallest absolute Gasteiger partial charge is 0.281 e. The zero-order valence-corrected chi connectivity index (χ0v) is 12.9. The Labute approximate surface area is 127 Å². The molecule has 6 heteroatoms. The second-order valence-electron chi connectivity index (χ2n) is 5.15. The minimum absolute atomic E-state index is 0.119. The van der Waals surface area contributed by atoms with Crippen molar-refractivity contribution in [1.82, 2.24) is 9.80 Å². The lowest BCUT2D eigenvalue weighted by Crippen LogP contribution is -2.34. The molecule has 0 bridgehead atoms. The van der Waals surface area contributed by atoms with Crippen molar-refractivity contribution in [2.45, 2.75) is 25.3 Å². The third-order valence-corrected chi connectivity index (χ3v) is 5.53. The third kappa shape index (κ3) is 2.86. The van der Waals surface area contributed by atoms with Crippen molar-refractivity contribution >= 4 is 34.2 Å². The van der Waals surface area contributed by atoms with Crippen LogP contribution >= 0.6 is 23.1 Å². The standard InChI is InChI=1S/C14H18N2O2S2/c17-13(3-6-15-7-9-20-14(15)18)16-5-1-2-12(16)11-4-8-19-10-11/h4,8,10,12H,1-3,5-7,9H2/t12-/m0/s1. The summed E-state index contributed by atoms with van der Waals surface area (Å²) in [5.41, 5.74) is 1.26. The number of thiophene rings is 1. The summed E-state index contributed by atoms with van der Waals surface area (Å²) in [6, 6.07) is 2.36. The predicted molar refractivity (Wildman–Crippen MR) is 82.1 cm³/mol. The second-order valence-corrected chi connectivity index (χ2v) is 6.98. The summed E-state index contributed by atoms with van der Waals surface area (Å²) >= 11 is 3.03. The van der Waals surface area contributed by atoms with Crippen LogP contribution in [0.25, 0.3) is 0 Å². The number of carbonyl (C=O) groups is 2. The zero-order valence-electron chi connectivity index (χ0n) is 11.3. The third-order valence-electron chi connectivity index (χ3n) is 3.94. The summed E-state index contributed by atoms with van der Waals surface area (Å²) in [6.45, 7) is 2.20. The van der Waals surface area contributed by atoms with Crippen LogP contribution in [0.4, 0.5) is 4.79 Å². The van der Waals surface area contributed by atoms with Gasteiger partial charge in [0.25, 0.3) is 5.24 Å². The molecule has 3 rings (SSSR count). The molecule has 0 N–H and O–H groups in total. The Morgan fingerprint density at radius 1 is 1.40 bits per heavy atom. The molecule has 4 nitrogen and oxygen atoms in total. The molecular weight excluding hydrogens is 292 g/mol. The number of amides is 2. The van der Waals surface area contributed by atoms with Crippen LogP contribution in [0.1, 0.15) is 30.9 Å². The second kappa shape index (κ2) is 6.18. The molecule has 0 spiro atoms. The molecular formula is C14H18N2O2S2. The maximum atomic E-state index is 12.4. The lowest BCUT2D eigenvalue weighted by Gasteiger charge is -2.25. The first-order chi connectivity index (χ1) is 9.75. The summed E-state index contributed by atoms with van der Waals surface area (Å²) in [7, 11) is 0. The molecule has 0 aliphatic carbocycles. The molecule has 0 aromatic carbocycles. The first-order valence-electron chi connectivity index (χ1n) is 6.99. The van der Waals surface area contributed by atoms with Gasteiger partial charge < -0.3 is 9.80 Å². The molecule has 1 aromatic rings. The van der Waals surface area contributed by atoms with Gasteiger partial charge in [-0.15, -0.1) is 0 Å². The molecule has 0 unspecified atom stereocenters. The van der Waals surface area contributed by atoms with Crippen LogP contribution in [0.5, 0.6) is 0 Å². The Balaban J connectivity index is 1.57. The molecule has 2 saturated heterocycles. The molecule has 2 amide bonds. The SMILES string of the molecule is O=C1SCCN1CCC(=O)N1CCC[C@H]1c1ccsc1. The average molecular weight is 310 g/mol. The van der Waals surface area contributed by atoms with Gasteiger partial charge in [-0.3, -0.25) is 9.59 Å². The quantitative estimate of drug-likeness (QED) is 0.858. The van der Waals surface area contributed by atoms with Gasteiger partial charge in [0, 0.05) is 31.8 Å². The Kier molecular flexibility index (Phi) is 4.31. The highest BCUT2D eigenvalue weighted by molar-refractivity contribution is 8.13. The van der Waals surface area contributed by atoms with Crippen LogP contribution in [-0.4, -0.2) is 46.3 Å². The zero-order chi connectivity index (χ0) is 13.9. The Bertz CT molecular complexity index is 489. The summed E-state index contributed by atoms with van der Waals surface area (Å²) in [4.78, 5) is 27.7. The van der Waals surface area contributed by atoms with E-state index in [1.54, 1.807) is 16.2 Å². The predicted octanol–water partition coefficient (Wildman–Crippen LogP) is 2.97. The minimum Gasteiger partial charge on any atom is -0.336 e. The number of nitrogens with zero attached hydrogens (tertiary/aromatic N) is 2. The van der Waals surface area contributed by atoms with Crippen molar-refractivity contribution in [2.75, 3.05) is 25.4 Å². The lowest BCUT2D eigenvalue weighted by molar-refractivity contribution is -0.132. The van der Waals surface area contributed by atoms with E-state index in [4.69, 9.17) is 0 Å². The van der Waals surface area contributed by atoms with Crippen molar-refractivity contribution in [3.63, 3.8) is 0 Å². The number of likely N-dealkylation sites (tertiary alicyclic amines) is 1. The Hall–Kier alpha value is -1.01. The monoisotopic (exact) mass is 310 g/mol. The molecule has 20 heavy (non-hydrogen) atoms. The van der Waals surface area contributed by atoms with Crippen LogP contribution in [0.2, 0.25) is 0 Å². The molecule has 2 aliphatic rings. The van der Waals surface area contributed by atoms with Gasteiger partial charge in [-0.05, 0) is 35.2 Å². The van der Waals surface area contributed by atoms with E-state index in [0.29, 0.717) is 13.0 Å². The van der Waals surface area contributed by atoms with Crippen LogP contribution in [0.3, 0.4) is 0 Å². The lowest BCUT2D eigenvalue weighted by atomic mass is 10.1. The van der Waals surface area contributed by atoms with Crippen molar-refractivity contribution in [3.8, 4) is 0 Å². The number of carbonyl (C=O) groups excluding carboxylic acids is 2. The van der Waals surface area contributed by atoms with E-state index in [1.165, 1.54) is 17.3 Å². The fourth-order valence-electron chi connectivity index (χ4n) is 2.88. The number of thioether (sulfide) groups is 1. The van der Waals surface area contributed by atoms with Gasteiger partial charge in [0.2, 0.25) is 5.91 Å². The van der Waals surface area contributed by atoms with E-state index < -0.39 is 0 Å². The molecule has 3 heterocycles. The maximum Gasteiger partial charge on any atom is 0.281 e. The minimum atomic E-state index is 0.119. The molecule has 1 atom stereocenters. The first kappa shape index (κ1) is 13.9. The van der Waals surface area contributed by atoms with Gasteiger partial charge in [0.05, 0.1) is 6.04 Å². The average Bonchev–Trinajstić information content (AvgIpc) is 3.17. The van der Waals surface area contributed by atoms with Crippen LogP contribution in [-0.2, 0) is 4.79 Å². The summed E-state index contributed by atoms with van der Waals surface area (Å²) in [6.07, 6.45) is 2.58. The van der Waals surface area contributed by atoms with Crippen LogP contribution in [0, 0.1) is 0 Å². The summed E-state index contributed by atoms with van der Waals surface area (Å²) < 4.78 is 0. The van der Waals surface area contributed by atoms with E-state index in [0.717, 1.165) is 31.7 Å². The molecule has 0 saturated carbocycles. The largest absolute Gasteiger partial charge is 0.336 e. The topological polar surface area (TPSA) is 40.6 Å². The van der Waals surface area contributed by atoms with E-state index in [9.17, 15) is 9.59 Å². The van der Waals surface area contributed by atoms with E-state index in [-0.39, 0.29) is 17.2 Å². The van der Waals surface area contributed by atoms with Crippen LogP contribution in [0.15, 0.2) is 16.8 Å². The fraction of sp³-hybridized carbons (Fsp3) is 0.571. The van der Waals surface area contributed by atoms with E-state index in [1.807, 2.05) is 4.90 Å². The fourth-order valence-corrected chi connectivity index (χ4v) is 4.44. The molecule has 2 fully saturated rings. The van der Waals surface area contributed by atoms with Gasteiger partial charge in [0.1, 0.15) is 0 Å². The van der Waals surface area contributed by atoms with Crippen molar-refractivity contribution in [3.05, 3.63) is 22.4 Å². The summed E-state index contributed by atoms with van der Waals surface area (Å²) in [5.74, 6) is 1.04. The Morgan fingerprint density at radius 2 is 2.30 bits per heavy atom. The maximum absolute atomic E-state index is 12.4. The van der Waals surface area contributed by atoms with E-state index in [2.05, 4.69) is 16.8 Å². The highest BCUT2D eigenvalue weighted by Crippen LogP contribution is 2.33. The van der Waals surface area contributed by atoms with Gasteiger partial charge >= 0.3 is 0 Å². The summed E-state index contributed by atoms with van der Waals surface area (Å²) in [5, 5.41) is 4.32. The highest BCUT2D eigenvalue weighted by atomic mass is 32.2. The molecule has 108 valence electrons. The van der Waals surface area contributed by atoms with Crippen molar-refractivity contribution < 1.29 is 9.59 Å². The van der Waals surface area contributed by atoms with Gasteiger partial charge in [0.15, 0.2) is 0 Å². The number of hydrogen-bond donors (Lipinski definition) is 0. The van der Waals surface area contributed by atoms with Gasteiger partial charge in [-0.2, -0.15) is 11.3 Å². The number of rotatable bonds is 4. The van der Waals surface area contributed by atoms with Crippen molar-refractivity contribution in [2.24, 2.45) is 0 Å². The first-order valence-corrected chi connectivity index (χ1v) is 8.92. The Morgan fingerprint density at radius 3 is 3.00 bits per heavy atom. The molecule has 0 radical (unpaired) electrons.